The Morgan fingerprint density at radius 2 is 1.59 bits per heavy atom. The normalized spacial score (nSPS) is 22.3. The summed E-state index contributed by atoms with van der Waals surface area (Å²) in [6, 6.07) is 22.1. The molecule has 1 fully saturated rings. The molecule has 37 heavy (non-hydrogen) atoms. The van der Waals surface area contributed by atoms with Crippen molar-refractivity contribution in [3.05, 3.63) is 60.7 Å². The van der Waals surface area contributed by atoms with Crippen molar-refractivity contribution in [3.63, 3.8) is 0 Å². The number of benzene rings is 2. The van der Waals surface area contributed by atoms with Gasteiger partial charge in [-0.3, -0.25) is 4.79 Å². The molecule has 0 spiro atoms. The zero-order chi connectivity index (χ0) is 27.1. The molecule has 0 heterocycles. The van der Waals surface area contributed by atoms with Gasteiger partial charge >= 0.3 is 5.97 Å². The zero-order valence-corrected chi connectivity index (χ0v) is 25.4. The maximum Gasteiger partial charge on any atom is 0.305 e. The molecule has 4 atom stereocenters. The van der Waals surface area contributed by atoms with Crippen LogP contribution in [0.1, 0.15) is 93.4 Å². The van der Waals surface area contributed by atoms with Crippen LogP contribution in [0.15, 0.2) is 60.7 Å². The standard InChI is InChI=1S/C33H50O3Si/c1-8-35-31(34)23-15-17-26(2)27(3)33(7)24-16-18-28(25-33)36-37(32(4,5)6,29-19-11-9-12-20-29)30-21-13-10-14-22-30/h9-14,19-22,26-28H,8,15-18,23-25H2,1-7H3/t26-,27+,28+,33+/m1/s1. The van der Waals surface area contributed by atoms with Gasteiger partial charge in [0.05, 0.1) is 6.61 Å². The van der Waals surface area contributed by atoms with Gasteiger partial charge in [-0.1, -0.05) is 109 Å². The average molecular weight is 523 g/mol. The summed E-state index contributed by atoms with van der Waals surface area (Å²) >= 11 is 0. The molecule has 1 saturated carbocycles. The molecular weight excluding hydrogens is 472 g/mol. The molecular formula is C33H50O3Si. The molecule has 0 unspecified atom stereocenters. The van der Waals surface area contributed by atoms with Crippen molar-refractivity contribution in [2.45, 2.75) is 105 Å². The predicted octanol–water partition coefficient (Wildman–Crippen LogP) is 7.52. The van der Waals surface area contributed by atoms with E-state index in [0.29, 0.717) is 24.9 Å². The van der Waals surface area contributed by atoms with E-state index in [4.69, 9.17) is 9.16 Å². The first-order valence-corrected chi connectivity index (χ1v) is 16.4. The third-order valence-electron chi connectivity index (χ3n) is 9.03. The van der Waals surface area contributed by atoms with Gasteiger partial charge in [-0.2, -0.15) is 0 Å². The molecule has 1 aliphatic carbocycles. The van der Waals surface area contributed by atoms with Crippen molar-refractivity contribution in [1.29, 1.82) is 0 Å². The van der Waals surface area contributed by atoms with Crippen molar-refractivity contribution in [2.75, 3.05) is 6.61 Å². The van der Waals surface area contributed by atoms with Crippen LogP contribution in [0.2, 0.25) is 5.04 Å². The summed E-state index contributed by atoms with van der Waals surface area (Å²) in [5.41, 5.74) is 0.234. The maximum atomic E-state index is 11.8. The molecule has 0 aromatic heterocycles. The summed E-state index contributed by atoms with van der Waals surface area (Å²) in [6.45, 7) is 16.7. The molecule has 3 nitrogen and oxygen atoms in total. The van der Waals surface area contributed by atoms with Gasteiger partial charge in [0.2, 0.25) is 0 Å². The van der Waals surface area contributed by atoms with Crippen LogP contribution in [0.4, 0.5) is 0 Å². The molecule has 3 rings (SSSR count). The molecule has 0 bridgehead atoms. The van der Waals surface area contributed by atoms with Crippen LogP contribution in [0.25, 0.3) is 0 Å². The highest BCUT2D eigenvalue weighted by molar-refractivity contribution is 6.99. The van der Waals surface area contributed by atoms with E-state index in [2.05, 4.69) is 102 Å². The Hall–Kier alpha value is -1.91. The van der Waals surface area contributed by atoms with E-state index in [1.807, 2.05) is 6.92 Å². The Labute approximate surface area is 227 Å². The Kier molecular flexibility index (Phi) is 10.2. The molecule has 0 N–H and O–H groups in total. The second-order valence-electron chi connectivity index (χ2n) is 12.6. The van der Waals surface area contributed by atoms with Crippen LogP contribution in [0, 0.1) is 17.3 Å². The zero-order valence-electron chi connectivity index (χ0n) is 24.4. The van der Waals surface area contributed by atoms with Crippen molar-refractivity contribution >= 4 is 24.7 Å². The van der Waals surface area contributed by atoms with Crippen LogP contribution in [0.3, 0.4) is 0 Å². The Morgan fingerprint density at radius 1 is 1.03 bits per heavy atom. The lowest BCUT2D eigenvalue weighted by Gasteiger charge is -2.50. The highest BCUT2D eigenvalue weighted by atomic mass is 28.4. The number of carbonyl (C=O) groups excluding carboxylic acids is 1. The Balaban J connectivity index is 1.83. The first-order valence-electron chi connectivity index (χ1n) is 14.5. The monoisotopic (exact) mass is 522 g/mol. The first-order chi connectivity index (χ1) is 17.5. The van der Waals surface area contributed by atoms with E-state index in [9.17, 15) is 4.79 Å². The van der Waals surface area contributed by atoms with Gasteiger partial charge in [0.15, 0.2) is 0 Å². The lowest BCUT2D eigenvalue weighted by Crippen LogP contribution is -2.68. The van der Waals surface area contributed by atoms with Crippen molar-refractivity contribution in [1.82, 2.24) is 0 Å². The van der Waals surface area contributed by atoms with Gasteiger partial charge in [-0.05, 0) is 71.7 Å². The predicted molar refractivity (Wildman–Crippen MR) is 158 cm³/mol. The fraction of sp³-hybridized carbons (Fsp3) is 0.606. The van der Waals surface area contributed by atoms with Gasteiger partial charge in [0, 0.05) is 12.5 Å². The average Bonchev–Trinajstić information content (AvgIpc) is 2.87. The number of carbonyl (C=O) groups is 1. The van der Waals surface area contributed by atoms with Crippen LogP contribution in [0.5, 0.6) is 0 Å². The number of ether oxygens (including phenoxy) is 1. The number of rotatable bonds is 11. The summed E-state index contributed by atoms with van der Waals surface area (Å²) in [6.07, 6.45) is 7.43. The SMILES string of the molecule is CCOC(=O)CCC[C@@H](C)[C@H](C)[C@@]1(C)CCC[C@H](O[Si](c2ccccc2)(c2ccccc2)C(C)(C)C)C1. The fourth-order valence-corrected chi connectivity index (χ4v) is 11.4. The van der Waals surface area contributed by atoms with E-state index in [-0.39, 0.29) is 22.5 Å². The molecule has 204 valence electrons. The van der Waals surface area contributed by atoms with E-state index in [1.54, 1.807) is 0 Å². The van der Waals surface area contributed by atoms with Crippen LogP contribution >= 0.6 is 0 Å². The van der Waals surface area contributed by atoms with E-state index in [0.717, 1.165) is 25.7 Å². The first kappa shape index (κ1) is 29.6. The van der Waals surface area contributed by atoms with Crippen molar-refractivity contribution in [3.8, 4) is 0 Å². The Morgan fingerprint density at radius 3 is 2.11 bits per heavy atom. The molecule has 2 aromatic rings. The molecule has 2 aromatic carbocycles. The van der Waals surface area contributed by atoms with Crippen molar-refractivity contribution in [2.24, 2.45) is 17.3 Å². The van der Waals surface area contributed by atoms with E-state index in [1.165, 1.54) is 23.2 Å². The second-order valence-corrected chi connectivity index (χ2v) is 16.9. The number of hydrogen-bond donors (Lipinski definition) is 0. The molecule has 0 radical (unpaired) electrons. The third-order valence-corrected chi connectivity index (χ3v) is 14.1. The highest BCUT2D eigenvalue weighted by Gasteiger charge is 2.52. The molecule has 0 amide bonds. The van der Waals surface area contributed by atoms with Crippen LogP contribution in [-0.2, 0) is 14.0 Å². The maximum absolute atomic E-state index is 11.8. The summed E-state index contributed by atoms with van der Waals surface area (Å²) in [5, 5.41) is 2.72. The van der Waals surface area contributed by atoms with Crippen LogP contribution < -0.4 is 10.4 Å². The molecule has 0 saturated heterocycles. The quantitative estimate of drug-likeness (QED) is 0.226. The molecule has 0 aliphatic heterocycles. The topological polar surface area (TPSA) is 35.5 Å². The van der Waals surface area contributed by atoms with Gasteiger partial charge in [-0.25, -0.2) is 0 Å². The summed E-state index contributed by atoms with van der Waals surface area (Å²) in [7, 11) is -2.55. The second kappa shape index (κ2) is 12.8. The lowest BCUT2D eigenvalue weighted by molar-refractivity contribution is -0.143. The van der Waals surface area contributed by atoms with Crippen LogP contribution in [-0.4, -0.2) is 27.0 Å². The summed E-state index contributed by atoms with van der Waals surface area (Å²) in [5.74, 6) is 1.07. The fourth-order valence-electron chi connectivity index (χ4n) is 6.65. The van der Waals surface area contributed by atoms with E-state index >= 15 is 0 Å². The van der Waals surface area contributed by atoms with Crippen molar-refractivity contribution < 1.29 is 14.0 Å². The minimum atomic E-state index is -2.55. The summed E-state index contributed by atoms with van der Waals surface area (Å²) < 4.78 is 12.7. The van der Waals surface area contributed by atoms with Gasteiger partial charge in [0.1, 0.15) is 0 Å². The number of hydrogen-bond acceptors (Lipinski definition) is 3. The smallest absolute Gasteiger partial charge is 0.305 e. The molecule has 4 heteroatoms. The third kappa shape index (κ3) is 6.94. The van der Waals surface area contributed by atoms with Gasteiger partial charge in [-0.15, -0.1) is 0 Å². The van der Waals surface area contributed by atoms with Gasteiger partial charge in [0.25, 0.3) is 8.32 Å². The minimum Gasteiger partial charge on any atom is -0.466 e. The number of esters is 1. The van der Waals surface area contributed by atoms with Gasteiger partial charge < -0.3 is 9.16 Å². The molecule has 1 aliphatic rings. The Bertz CT molecular complexity index is 929. The minimum absolute atomic E-state index is 0.00440. The highest BCUT2D eigenvalue weighted by Crippen LogP contribution is 2.48. The summed E-state index contributed by atoms with van der Waals surface area (Å²) in [4.78, 5) is 11.8. The largest absolute Gasteiger partial charge is 0.466 e. The lowest BCUT2D eigenvalue weighted by atomic mass is 9.63. The van der Waals surface area contributed by atoms with E-state index < -0.39 is 8.32 Å².